The summed E-state index contributed by atoms with van der Waals surface area (Å²) in [5.41, 5.74) is 0.369. The first-order valence-electron chi connectivity index (χ1n) is 8.62. The minimum absolute atomic E-state index is 0.0115. The molecule has 6 heteroatoms. The largest absolute Gasteiger partial charge is 0.356 e. The molecule has 0 spiro atoms. The normalized spacial score (nSPS) is 26.1. The molecule has 1 aromatic rings. The first-order chi connectivity index (χ1) is 11.3. The number of nitrogens with zero attached hydrogens (tertiary/aromatic N) is 3. The van der Waals surface area contributed by atoms with E-state index in [-0.39, 0.29) is 23.8 Å². The van der Waals surface area contributed by atoms with Crippen molar-refractivity contribution in [3.8, 4) is 0 Å². The molecule has 1 aliphatic carbocycles. The molecule has 6 nitrogen and oxygen atoms in total. The molecule has 2 atom stereocenters. The molecule has 1 aliphatic heterocycles. The molecule has 124 valence electrons. The Hall–Kier alpha value is -1.98. The number of hydrogen-bond acceptors (Lipinski definition) is 4. The van der Waals surface area contributed by atoms with Gasteiger partial charge in [0.05, 0.1) is 12.1 Å². The second kappa shape index (κ2) is 7.53. The molecule has 2 fully saturated rings. The van der Waals surface area contributed by atoms with Gasteiger partial charge in [0.1, 0.15) is 5.69 Å². The summed E-state index contributed by atoms with van der Waals surface area (Å²) in [6.07, 6.45) is 11.5. The number of fused-ring (bicyclic) bond motifs is 1. The van der Waals surface area contributed by atoms with Crippen molar-refractivity contribution in [3.63, 3.8) is 0 Å². The molecule has 2 heterocycles. The average molecular weight is 316 g/mol. The number of amides is 2. The third-order valence-corrected chi connectivity index (χ3v) is 4.88. The van der Waals surface area contributed by atoms with Gasteiger partial charge in [-0.15, -0.1) is 0 Å². The summed E-state index contributed by atoms with van der Waals surface area (Å²) < 4.78 is 0. The summed E-state index contributed by atoms with van der Waals surface area (Å²) in [5.74, 6) is -0.0814. The van der Waals surface area contributed by atoms with Gasteiger partial charge in [-0.2, -0.15) is 0 Å². The highest BCUT2D eigenvalue weighted by Crippen LogP contribution is 2.31. The molecule has 23 heavy (non-hydrogen) atoms. The second-order valence-electron chi connectivity index (χ2n) is 6.40. The Bertz CT molecular complexity index is 549. The minimum atomic E-state index is -0.0953. The number of carbonyl (C=O) groups is 2. The maximum absolute atomic E-state index is 12.9. The molecule has 1 N–H and O–H groups in total. The Kier molecular flexibility index (Phi) is 5.20. The predicted molar refractivity (Wildman–Crippen MR) is 85.7 cm³/mol. The summed E-state index contributed by atoms with van der Waals surface area (Å²) in [6, 6.07) is -0.0115. The number of aromatic nitrogens is 2. The lowest BCUT2D eigenvalue weighted by molar-refractivity contribution is -0.126. The van der Waals surface area contributed by atoms with E-state index in [1.165, 1.54) is 6.20 Å². The molecule has 2 unspecified atom stereocenters. The van der Waals surface area contributed by atoms with Crippen molar-refractivity contribution in [2.24, 2.45) is 5.92 Å². The number of hydrogen-bond donors (Lipinski definition) is 1. The smallest absolute Gasteiger partial charge is 0.274 e. The lowest BCUT2D eigenvalue weighted by Gasteiger charge is -2.32. The first kappa shape index (κ1) is 15.9. The van der Waals surface area contributed by atoms with Crippen LogP contribution in [0.4, 0.5) is 0 Å². The second-order valence-corrected chi connectivity index (χ2v) is 6.40. The Balaban J connectivity index is 1.84. The fraction of sp³-hybridized carbons (Fsp3) is 0.647. The third-order valence-electron chi connectivity index (χ3n) is 4.88. The Morgan fingerprint density at radius 2 is 2.00 bits per heavy atom. The van der Waals surface area contributed by atoms with Crippen molar-refractivity contribution in [2.75, 3.05) is 13.1 Å². The molecule has 0 radical (unpaired) electrons. The molecule has 2 aliphatic rings. The van der Waals surface area contributed by atoms with Gasteiger partial charge in [0.15, 0.2) is 0 Å². The number of carbonyl (C=O) groups excluding carboxylic acids is 2. The van der Waals surface area contributed by atoms with Crippen LogP contribution in [0.5, 0.6) is 0 Å². The van der Waals surface area contributed by atoms with Gasteiger partial charge in [0.2, 0.25) is 5.91 Å². The maximum Gasteiger partial charge on any atom is 0.274 e. The van der Waals surface area contributed by atoms with Crippen LogP contribution in [0.2, 0.25) is 0 Å². The van der Waals surface area contributed by atoms with Gasteiger partial charge in [-0.3, -0.25) is 14.6 Å². The minimum Gasteiger partial charge on any atom is -0.356 e. The zero-order chi connectivity index (χ0) is 16.1. The van der Waals surface area contributed by atoms with Crippen LogP contribution >= 0.6 is 0 Å². The molecule has 0 bridgehead atoms. The van der Waals surface area contributed by atoms with Crippen LogP contribution < -0.4 is 5.32 Å². The molecule has 0 aromatic carbocycles. The fourth-order valence-electron chi connectivity index (χ4n) is 3.70. The standard InChI is InChI=1S/C17H24N4O2/c22-16-13-6-5-7-15(13)21(11-4-2-1-3-8-20-16)17(23)14-12-18-9-10-19-14/h9-10,12-13,15H,1-8,11H2,(H,20,22). The first-order valence-corrected chi connectivity index (χ1v) is 8.62. The zero-order valence-corrected chi connectivity index (χ0v) is 13.4. The molecule has 2 amide bonds. The summed E-state index contributed by atoms with van der Waals surface area (Å²) in [7, 11) is 0. The van der Waals surface area contributed by atoms with E-state index in [0.717, 1.165) is 51.5 Å². The van der Waals surface area contributed by atoms with E-state index in [2.05, 4.69) is 15.3 Å². The van der Waals surface area contributed by atoms with Crippen LogP contribution in [0.15, 0.2) is 18.6 Å². The lowest BCUT2D eigenvalue weighted by atomic mass is 10.00. The van der Waals surface area contributed by atoms with Crippen molar-refractivity contribution in [3.05, 3.63) is 24.3 Å². The molecule has 1 saturated carbocycles. The van der Waals surface area contributed by atoms with Crippen LogP contribution in [-0.2, 0) is 4.79 Å². The SMILES string of the molecule is O=C1NCCCCCCN(C(=O)c2cnccn2)C2CCCC12. The fourth-order valence-corrected chi connectivity index (χ4v) is 3.70. The van der Waals surface area contributed by atoms with Crippen molar-refractivity contribution < 1.29 is 9.59 Å². The molecule has 3 rings (SSSR count). The van der Waals surface area contributed by atoms with Gasteiger partial charge in [0.25, 0.3) is 5.91 Å². The highest BCUT2D eigenvalue weighted by atomic mass is 16.2. The van der Waals surface area contributed by atoms with E-state index in [1.807, 2.05) is 4.90 Å². The van der Waals surface area contributed by atoms with Gasteiger partial charge in [-0.1, -0.05) is 19.3 Å². The van der Waals surface area contributed by atoms with Crippen molar-refractivity contribution in [2.45, 2.75) is 51.0 Å². The molecular formula is C17H24N4O2. The van der Waals surface area contributed by atoms with Crippen LogP contribution in [0, 0.1) is 5.92 Å². The number of rotatable bonds is 1. The molecule has 1 aromatic heterocycles. The van der Waals surface area contributed by atoms with Crippen LogP contribution in [-0.4, -0.2) is 45.8 Å². The van der Waals surface area contributed by atoms with Gasteiger partial charge >= 0.3 is 0 Å². The van der Waals surface area contributed by atoms with Crippen molar-refractivity contribution in [1.82, 2.24) is 20.2 Å². The summed E-state index contributed by atoms with van der Waals surface area (Å²) in [5, 5.41) is 3.05. The quantitative estimate of drug-likeness (QED) is 0.857. The van der Waals surface area contributed by atoms with E-state index in [0.29, 0.717) is 12.2 Å². The summed E-state index contributed by atoms with van der Waals surface area (Å²) >= 11 is 0. The molecule has 1 saturated heterocycles. The number of nitrogens with one attached hydrogen (secondary N) is 1. The highest BCUT2D eigenvalue weighted by Gasteiger charge is 2.39. The van der Waals surface area contributed by atoms with Gasteiger partial charge < -0.3 is 10.2 Å². The predicted octanol–water partition coefficient (Wildman–Crippen LogP) is 1.78. The van der Waals surface area contributed by atoms with Crippen LogP contribution in [0.25, 0.3) is 0 Å². The Morgan fingerprint density at radius 3 is 2.83 bits per heavy atom. The highest BCUT2D eigenvalue weighted by molar-refractivity contribution is 5.93. The maximum atomic E-state index is 12.9. The van der Waals surface area contributed by atoms with E-state index in [1.54, 1.807) is 12.4 Å². The van der Waals surface area contributed by atoms with Crippen molar-refractivity contribution >= 4 is 11.8 Å². The van der Waals surface area contributed by atoms with Crippen LogP contribution in [0.3, 0.4) is 0 Å². The third kappa shape index (κ3) is 3.68. The monoisotopic (exact) mass is 316 g/mol. The zero-order valence-electron chi connectivity index (χ0n) is 13.4. The summed E-state index contributed by atoms with van der Waals surface area (Å²) in [6.45, 7) is 1.45. The Labute approximate surface area is 136 Å². The van der Waals surface area contributed by atoms with E-state index in [9.17, 15) is 9.59 Å². The van der Waals surface area contributed by atoms with Gasteiger partial charge in [-0.05, 0) is 25.7 Å². The van der Waals surface area contributed by atoms with Gasteiger partial charge in [0, 0.05) is 31.5 Å². The van der Waals surface area contributed by atoms with Crippen LogP contribution in [0.1, 0.15) is 55.4 Å². The molecular weight excluding hydrogens is 292 g/mol. The van der Waals surface area contributed by atoms with Gasteiger partial charge in [-0.25, -0.2) is 4.98 Å². The van der Waals surface area contributed by atoms with E-state index >= 15 is 0 Å². The van der Waals surface area contributed by atoms with E-state index in [4.69, 9.17) is 0 Å². The van der Waals surface area contributed by atoms with E-state index < -0.39 is 0 Å². The summed E-state index contributed by atoms with van der Waals surface area (Å²) in [4.78, 5) is 35.4. The Morgan fingerprint density at radius 1 is 1.13 bits per heavy atom. The van der Waals surface area contributed by atoms with Crippen molar-refractivity contribution in [1.29, 1.82) is 0 Å². The average Bonchev–Trinajstić information content (AvgIpc) is 3.05. The topological polar surface area (TPSA) is 75.2 Å². The lowest BCUT2D eigenvalue weighted by Crippen LogP contribution is -2.47.